The van der Waals surface area contributed by atoms with Gasteiger partial charge in [-0.3, -0.25) is 9.59 Å². The molecule has 0 bridgehead atoms. The van der Waals surface area contributed by atoms with Gasteiger partial charge >= 0.3 is 5.97 Å². The molecule has 0 fully saturated rings. The van der Waals surface area contributed by atoms with E-state index in [1.54, 1.807) is 16.8 Å². The molecule has 7 heteroatoms. The van der Waals surface area contributed by atoms with Gasteiger partial charge in [0, 0.05) is 11.8 Å². The maximum atomic E-state index is 11.6. The predicted molar refractivity (Wildman–Crippen MR) is 61.6 cm³/mol. The highest BCUT2D eigenvalue weighted by molar-refractivity contribution is 7.08. The minimum atomic E-state index is -1.19. The van der Waals surface area contributed by atoms with Crippen molar-refractivity contribution in [3.8, 4) is 0 Å². The van der Waals surface area contributed by atoms with E-state index >= 15 is 0 Å². The third-order valence-corrected chi connectivity index (χ3v) is 2.75. The fourth-order valence-electron chi connectivity index (χ4n) is 1.18. The Labute approximate surface area is 101 Å². The van der Waals surface area contributed by atoms with E-state index in [0.29, 0.717) is 5.56 Å². The Hall–Kier alpha value is -1.89. The van der Waals surface area contributed by atoms with Crippen LogP contribution < -0.4 is 11.1 Å². The highest BCUT2D eigenvalue weighted by Gasteiger charge is 2.21. The standard InChI is InChI=1S/C10H12N2O4S/c11-8(13)2-1-7(10(15)16)12-9(14)6-3-4-17-5-6/h3-5,7H,1-2H2,(H2,11,13)(H,12,14)(H,15,16)/t7-/m0/s1. The molecule has 1 atom stereocenters. The Balaban J connectivity index is 2.58. The van der Waals surface area contributed by atoms with Crippen molar-refractivity contribution in [1.29, 1.82) is 0 Å². The minimum absolute atomic E-state index is 0.0133. The molecule has 1 aromatic heterocycles. The SMILES string of the molecule is NC(=O)CC[C@H](NC(=O)c1ccsc1)C(=O)O. The van der Waals surface area contributed by atoms with Crippen LogP contribution in [-0.2, 0) is 9.59 Å². The van der Waals surface area contributed by atoms with Crippen molar-refractivity contribution in [3.63, 3.8) is 0 Å². The highest BCUT2D eigenvalue weighted by Crippen LogP contribution is 2.07. The van der Waals surface area contributed by atoms with Crippen LogP contribution in [0.3, 0.4) is 0 Å². The fourth-order valence-corrected chi connectivity index (χ4v) is 1.82. The molecule has 0 aliphatic carbocycles. The van der Waals surface area contributed by atoms with E-state index in [2.05, 4.69) is 5.32 Å². The predicted octanol–water partition coefficient (Wildman–Crippen LogP) is 0.197. The number of nitrogens with two attached hydrogens (primary N) is 1. The molecule has 4 N–H and O–H groups in total. The number of hydrogen-bond donors (Lipinski definition) is 3. The van der Waals surface area contributed by atoms with Crippen molar-refractivity contribution < 1.29 is 19.5 Å². The summed E-state index contributed by atoms with van der Waals surface area (Å²) in [6, 6.07) is 0.488. The molecule has 1 rings (SSSR count). The van der Waals surface area contributed by atoms with Gasteiger partial charge in [-0.2, -0.15) is 11.3 Å². The second-order valence-electron chi connectivity index (χ2n) is 3.38. The molecule has 0 saturated carbocycles. The summed E-state index contributed by atoms with van der Waals surface area (Å²) >= 11 is 1.34. The average molecular weight is 256 g/mol. The number of aliphatic carboxylic acids is 1. The van der Waals surface area contributed by atoms with E-state index in [1.165, 1.54) is 11.3 Å². The van der Waals surface area contributed by atoms with Crippen LogP contribution in [0.5, 0.6) is 0 Å². The molecule has 0 aliphatic rings. The van der Waals surface area contributed by atoms with Gasteiger partial charge < -0.3 is 16.2 Å². The lowest BCUT2D eigenvalue weighted by Gasteiger charge is -2.12. The third-order valence-electron chi connectivity index (χ3n) is 2.07. The Morgan fingerprint density at radius 3 is 2.65 bits per heavy atom. The minimum Gasteiger partial charge on any atom is -0.480 e. The number of primary amides is 1. The maximum absolute atomic E-state index is 11.6. The molecule has 92 valence electrons. The summed E-state index contributed by atoms with van der Waals surface area (Å²) in [7, 11) is 0. The monoisotopic (exact) mass is 256 g/mol. The van der Waals surface area contributed by atoms with Crippen molar-refractivity contribution in [1.82, 2.24) is 5.32 Å². The van der Waals surface area contributed by atoms with Gasteiger partial charge in [0.05, 0.1) is 5.56 Å². The Kier molecular flexibility index (Phi) is 4.65. The molecule has 0 aromatic carbocycles. The molecular weight excluding hydrogens is 244 g/mol. The maximum Gasteiger partial charge on any atom is 0.326 e. The summed E-state index contributed by atoms with van der Waals surface area (Å²) in [6.07, 6.45) is -0.0958. The first-order valence-electron chi connectivity index (χ1n) is 4.85. The lowest BCUT2D eigenvalue weighted by Crippen LogP contribution is -2.41. The van der Waals surface area contributed by atoms with Gasteiger partial charge in [-0.05, 0) is 17.9 Å². The summed E-state index contributed by atoms with van der Waals surface area (Å²) in [5.41, 5.74) is 5.33. The first-order valence-corrected chi connectivity index (χ1v) is 5.79. The zero-order valence-corrected chi connectivity index (χ0v) is 9.70. The van der Waals surface area contributed by atoms with Gasteiger partial charge in [0.2, 0.25) is 5.91 Å². The van der Waals surface area contributed by atoms with E-state index in [9.17, 15) is 14.4 Å². The summed E-state index contributed by atoms with van der Waals surface area (Å²) in [6.45, 7) is 0. The zero-order valence-electron chi connectivity index (χ0n) is 8.88. The smallest absolute Gasteiger partial charge is 0.326 e. The van der Waals surface area contributed by atoms with Crippen molar-refractivity contribution >= 4 is 29.1 Å². The number of amides is 2. The number of carbonyl (C=O) groups excluding carboxylic acids is 2. The Morgan fingerprint density at radius 1 is 1.47 bits per heavy atom. The summed E-state index contributed by atoms with van der Waals surface area (Å²) in [5.74, 6) is -2.25. The normalized spacial score (nSPS) is 11.8. The Bertz CT molecular complexity index is 416. The lowest BCUT2D eigenvalue weighted by molar-refractivity contribution is -0.139. The molecule has 6 nitrogen and oxygen atoms in total. The molecule has 0 spiro atoms. The number of thiophene rings is 1. The molecule has 2 amide bonds. The van der Waals surface area contributed by atoms with Crippen LogP contribution in [0, 0.1) is 0 Å². The highest BCUT2D eigenvalue weighted by atomic mass is 32.1. The first-order chi connectivity index (χ1) is 8.00. The average Bonchev–Trinajstić information content (AvgIpc) is 2.76. The van der Waals surface area contributed by atoms with Crippen LogP contribution in [0.25, 0.3) is 0 Å². The van der Waals surface area contributed by atoms with Crippen LogP contribution in [0.15, 0.2) is 16.8 Å². The molecule has 0 saturated heterocycles. The van der Waals surface area contributed by atoms with Gasteiger partial charge in [0.1, 0.15) is 6.04 Å². The van der Waals surface area contributed by atoms with Crippen molar-refractivity contribution in [2.24, 2.45) is 5.73 Å². The van der Waals surface area contributed by atoms with Crippen LogP contribution in [0.1, 0.15) is 23.2 Å². The van der Waals surface area contributed by atoms with E-state index < -0.39 is 23.8 Å². The van der Waals surface area contributed by atoms with Crippen LogP contribution >= 0.6 is 11.3 Å². The first kappa shape index (κ1) is 13.2. The number of hydrogen-bond acceptors (Lipinski definition) is 4. The number of nitrogens with one attached hydrogen (secondary N) is 1. The van der Waals surface area contributed by atoms with Gasteiger partial charge in [0.15, 0.2) is 0 Å². The number of carbonyl (C=O) groups is 3. The summed E-state index contributed by atoms with van der Waals surface area (Å²) in [5, 5.41) is 14.5. The van der Waals surface area contributed by atoms with Crippen molar-refractivity contribution in [2.75, 3.05) is 0 Å². The van der Waals surface area contributed by atoms with Gasteiger partial charge in [-0.25, -0.2) is 4.79 Å². The lowest BCUT2D eigenvalue weighted by atomic mass is 10.1. The van der Waals surface area contributed by atoms with E-state index in [1.807, 2.05) is 0 Å². The quantitative estimate of drug-likeness (QED) is 0.675. The summed E-state index contributed by atoms with van der Waals surface area (Å²) in [4.78, 5) is 33.0. The third kappa shape index (κ3) is 4.23. The zero-order chi connectivity index (χ0) is 12.8. The van der Waals surface area contributed by atoms with Crippen LogP contribution in [0.4, 0.5) is 0 Å². The molecule has 1 heterocycles. The van der Waals surface area contributed by atoms with Crippen molar-refractivity contribution in [3.05, 3.63) is 22.4 Å². The molecule has 17 heavy (non-hydrogen) atoms. The van der Waals surface area contributed by atoms with E-state index in [4.69, 9.17) is 10.8 Å². The topological polar surface area (TPSA) is 109 Å². The van der Waals surface area contributed by atoms with Crippen LogP contribution in [-0.4, -0.2) is 28.9 Å². The second-order valence-corrected chi connectivity index (χ2v) is 4.16. The van der Waals surface area contributed by atoms with Gasteiger partial charge in [0.25, 0.3) is 5.91 Å². The number of rotatable bonds is 6. The molecule has 1 aromatic rings. The molecule has 0 unspecified atom stereocenters. The molecular formula is C10H12N2O4S. The molecule has 0 aliphatic heterocycles. The van der Waals surface area contributed by atoms with Crippen molar-refractivity contribution in [2.45, 2.75) is 18.9 Å². The summed E-state index contributed by atoms with van der Waals surface area (Å²) < 4.78 is 0. The van der Waals surface area contributed by atoms with E-state index in [-0.39, 0.29) is 12.8 Å². The van der Waals surface area contributed by atoms with Gasteiger partial charge in [-0.1, -0.05) is 0 Å². The van der Waals surface area contributed by atoms with E-state index in [0.717, 1.165) is 0 Å². The van der Waals surface area contributed by atoms with Crippen LogP contribution in [0.2, 0.25) is 0 Å². The molecule has 0 radical (unpaired) electrons. The largest absolute Gasteiger partial charge is 0.480 e. The second kappa shape index (κ2) is 6.00. The fraction of sp³-hybridized carbons (Fsp3) is 0.300. The number of carboxylic acid groups (broad SMARTS) is 1. The Morgan fingerprint density at radius 2 is 2.18 bits per heavy atom. The van der Waals surface area contributed by atoms with Gasteiger partial charge in [-0.15, -0.1) is 0 Å². The number of carboxylic acids is 1.